The van der Waals surface area contributed by atoms with Crippen LogP contribution in [0.3, 0.4) is 0 Å². The summed E-state index contributed by atoms with van der Waals surface area (Å²) in [6.45, 7) is 3.81. The Morgan fingerprint density at radius 3 is 2.62 bits per heavy atom. The van der Waals surface area contributed by atoms with Gasteiger partial charge in [0.2, 0.25) is 0 Å². The summed E-state index contributed by atoms with van der Waals surface area (Å²) < 4.78 is 0. The third-order valence-corrected chi connectivity index (χ3v) is 4.96. The fraction of sp³-hybridized carbons (Fsp3) is 0.235. The molecule has 1 amide bonds. The quantitative estimate of drug-likeness (QED) is 0.730. The van der Waals surface area contributed by atoms with E-state index in [-0.39, 0.29) is 11.9 Å². The molecule has 122 valence electrons. The summed E-state index contributed by atoms with van der Waals surface area (Å²) in [6, 6.07) is 5.50. The Morgan fingerprint density at radius 1 is 1.21 bits per heavy atom. The van der Waals surface area contributed by atoms with Crippen molar-refractivity contribution in [3.8, 4) is 10.8 Å². The number of rotatable bonds is 4. The van der Waals surface area contributed by atoms with Crippen LogP contribution in [0, 0.1) is 6.92 Å². The van der Waals surface area contributed by atoms with E-state index in [0.29, 0.717) is 21.4 Å². The van der Waals surface area contributed by atoms with Crippen molar-refractivity contribution in [2.24, 2.45) is 0 Å². The average Bonchev–Trinajstić information content (AvgIpc) is 3.03. The lowest BCUT2D eigenvalue weighted by Gasteiger charge is -2.24. The molecular formula is C17H17N5OS. The van der Waals surface area contributed by atoms with Crippen molar-refractivity contribution in [2.45, 2.75) is 19.9 Å². The highest BCUT2D eigenvalue weighted by atomic mass is 32.1. The Bertz CT molecular complexity index is 835. The van der Waals surface area contributed by atoms with Gasteiger partial charge in [0.15, 0.2) is 10.8 Å². The number of hydrogen-bond donors (Lipinski definition) is 0. The molecule has 6 nitrogen and oxygen atoms in total. The lowest BCUT2D eigenvalue weighted by Crippen LogP contribution is -2.29. The standard InChI is InChI=1S/C17H17N5OS/c1-11-14(24-16(21-11)15-19-8-5-9-20-15)17(23)22(3)12(2)13-6-4-7-18-10-13/h4-10,12H,1-3H3/t12-/m0/s1. The molecule has 0 aromatic carbocycles. The Hall–Kier alpha value is -2.67. The number of aryl methyl sites for hydroxylation is 1. The molecule has 1 atom stereocenters. The van der Waals surface area contributed by atoms with Crippen molar-refractivity contribution in [1.29, 1.82) is 0 Å². The van der Waals surface area contributed by atoms with Crippen molar-refractivity contribution in [3.63, 3.8) is 0 Å². The van der Waals surface area contributed by atoms with Gasteiger partial charge in [-0.3, -0.25) is 9.78 Å². The van der Waals surface area contributed by atoms with Crippen LogP contribution in [0.5, 0.6) is 0 Å². The van der Waals surface area contributed by atoms with Gasteiger partial charge in [0.25, 0.3) is 5.91 Å². The minimum atomic E-state index is -0.0795. The molecule has 0 bridgehead atoms. The first-order valence-electron chi connectivity index (χ1n) is 7.50. The summed E-state index contributed by atoms with van der Waals surface area (Å²) in [7, 11) is 1.79. The first kappa shape index (κ1) is 16.2. The molecule has 0 fully saturated rings. The topological polar surface area (TPSA) is 71.9 Å². The summed E-state index contributed by atoms with van der Waals surface area (Å²) in [6.07, 6.45) is 6.82. The van der Waals surface area contributed by atoms with Crippen LogP contribution >= 0.6 is 11.3 Å². The molecule has 0 radical (unpaired) electrons. The highest BCUT2D eigenvalue weighted by molar-refractivity contribution is 7.17. The minimum Gasteiger partial charge on any atom is -0.334 e. The largest absolute Gasteiger partial charge is 0.334 e. The van der Waals surface area contributed by atoms with Gasteiger partial charge in [-0.1, -0.05) is 6.07 Å². The molecule has 0 saturated heterocycles. The second-order valence-electron chi connectivity index (χ2n) is 5.38. The van der Waals surface area contributed by atoms with E-state index in [4.69, 9.17) is 0 Å². The SMILES string of the molecule is Cc1nc(-c2ncccn2)sc1C(=O)N(C)[C@@H](C)c1cccnc1. The number of hydrogen-bond acceptors (Lipinski definition) is 6. The van der Waals surface area contributed by atoms with Crippen LogP contribution in [-0.4, -0.2) is 37.8 Å². The number of carbonyl (C=O) groups excluding carboxylic acids is 1. The molecule has 0 saturated carbocycles. The Morgan fingerprint density at radius 2 is 1.96 bits per heavy atom. The molecule has 3 aromatic rings. The number of carbonyl (C=O) groups is 1. The minimum absolute atomic E-state index is 0.0662. The van der Waals surface area contributed by atoms with Gasteiger partial charge in [-0.05, 0) is 31.5 Å². The van der Waals surface area contributed by atoms with Crippen LogP contribution in [0.15, 0.2) is 43.0 Å². The van der Waals surface area contributed by atoms with E-state index in [2.05, 4.69) is 19.9 Å². The Balaban J connectivity index is 1.86. The van der Waals surface area contributed by atoms with E-state index < -0.39 is 0 Å². The zero-order valence-electron chi connectivity index (χ0n) is 13.7. The summed E-state index contributed by atoms with van der Waals surface area (Å²) in [4.78, 5) is 32.1. The first-order chi connectivity index (χ1) is 11.6. The van der Waals surface area contributed by atoms with Gasteiger partial charge < -0.3 is 4.90 Å². The van der Waals surface area contributed by atoms with Crippen LogP contribution in [0.4, 0.5) is 0 Å². The van der Waals surface area contributed by atoms with Crippen LogP contribution in [0.25, 0.3) is 10.8 Å². The molecule has 0 spiro atoms. The third kappa shape index (κ3) is 3.16. The first-order valence-corrected chi connectivity index (χ1v) is 8.31. The van der Waals surface area contributed by atoms with Gasteiger partial charge in [-0.25, -0.2) is 15.0 Å². The van der Waals surface area contributed by atoms with Gasteiger partial charge in [-0.2, -0.15) is 0 Å². The maximum atomic E-state index is 12.9. The van der Waals surface area contributed by atoms with E-state index >= 15 is 0 Å². The molecule has 3 heterocycles. The van der Waals surface area contributed by atoms with Crippen molar-refractivity contribution >= 4 is 17.2 Å². The van der Waals surface area contributed by atoms with Crippen molar-refractivity contribution in [1.82, 2.24) is 24.8 Å². The fourth-order valence-corrected chi connectivity index (χ4v) is 3.28. The number of thiazole rings is 1. The molecule has 0 unspecified atom stereocenters. The predicted octanol–water partition coefficient (Wildman–Crippen LogP) is 3.14. The third-order valence-electron chi connectivity index (χ3n) is 3.82. The van der Waals surface area contributed by atoms with E-state index in [1.807, 2.05) is 26.0 Å². The van der Waals surface area contributed by atoms with Gasteiger partial charge in [0.05, 0.1) is 11.7 Å². The molecular weight excluding hydrogens is 322 g/mol. The zero-order valence-corrected chi connectivity index (χ0v) is 14.5. The van der Waals surface area contributed by atoms with Crippen LogP contribution in [-0.2, 0) is 0 Å². The van der Waals surface area contributed by atoms with Crippen molar-refractivity contribution in [2.75, 3.05) is 7.05 Å². The molecule has 0 N–H and O–H groups in total. The second-order valence-corrected chi connectivity index (χ2v) is 6.38. The van der Waals surface area contributed by atoms with Gasteiger partial charge in [-0.15, -0.1) is 11.3 Å². The molecule has 0 aliphatic carbocycles. The average molecular weight is 339 g/mol. The number of pyridine rings is 1. The normalized spacial score (nSPS) is 12.0. The smallest absolute Gasteiger partial charge is 0.266 e. The van der Waals surface area contributed by atoms with E-state index in [0.717, 1.165) is 5.56 Å². The monoisotopic (exact) mass is 339 g/mol. The number of nitrogens with zero attached hydrogens (tertiary/aromatic N) is 5. The highest BCUT2D eigenvalue weighted by Gasteiger charge is 2.24. The zero-order chi connectivity index (χ0) is 17.1. The summed E-state index contributed by atoms with van der Waals surface area (Å²) in [5.41, 5.74) is 1.68. The molecule has 0 aliphatic rings. The molecule has 24 heavy (non-hydrogen) atoms. The maximum Gasteiger partial charge on any atom is 0.266 e. The molecule has 3 rings (SSSR count). The van der Waals surface area contributed by atoms with Crippen LogP contribution < -0.4 is 0 Å². The lowest BCUT2D eigenvalue weighted by molar-refractivity contribution is 0.0746. The summed E-state index contributed by atoms with van der Waals surface area (Å²) in [5, 5.41) is 0.652. The van der Waals surface area contributed by atoms with Crippen LogP contribution in [0.2, 0.25) is 0 Å². The van der Waals surface area contributed by atoms with Crippen molar-refractivity contribution < 1.29 is 4.79 Å². The second kappa shape index (κ2) is 6.84. The molecule has 7 heteroatoms. The predicted molar refractivity (Wildman–Crippen MR) is 92.6 cm³/mol. The fourth-order valence-electron chi connectivity index (χ4n) is 2.28. The van der Waals surface area contributed by atoms with Crippen LogP contribution in [0.1, 0.15) is 33.9 Å². The van der Waals surface area contributed by atoms with Crippen molar-refractivity contribution in [3.05, 3.63) is 59.1 Å². The van der Waals surface area contributed by atoms with E-state index in [1.165, 1.54) is 11.3 Å². The number of aromatic nitrogens is 4. The summed E-state index contributed by atoms with van der Waals surface area (Å²) in [5.74, 6) is 0.469. The number of amides is 1. The molecule has 3 aromatic heterocycles. The summed E-state index contributed by atoms with van der Waals surface area (Å²) >= 11 is 1.32. The Kier molecular flexibility index (Phi) is 4.61. The Labute approximate surface area is 144 Å². The lowest BCUT2D eigenvalue weighted by atomic mass is 10.1. The van der Waals surface area contributed by atoms with E-state index in [1.54, 1.807) is 42.8 Å². The molecule has 0 aliphatic heterocycles. The van der Waals surface area contributed by atoms with Gasteiger partial charge in [0, 0.05) is 31.8 Å². The van der Waals surface area contributed by atoms with Gasteiger partial charge in [0.1, 0.15) is 4.88 Å². The van der Waals surface area contributed by atoms with E-state index in [9.17, 15) is 4.79 Å². The highest BCUT2D eigenvalue weighted by Crippen LogP contribution is 2.28. The van der Waals surface area contributed by atoms with Gasteiger partial charge >= 0.3 is 0 Å². The maximum absolute atomic E-state index is 12.9.